The van der Waals surface area contributed by atoms with E-state index in [9.17, 15) is 0 Å². The number of hydrogen-bond donors (Lipinski definition) is 1. The Labute approximate surface area is 114 Å². The Bertz CT molecular complexity index is 470. The van der Waals surface area contributed by atoms with Gasteiger partial charge in [-0.2, -0.15) is 5.10 Å². The summed E-state index contributed by atoms with van der Waals surface area (Å²) in [6.07, 6.45) is 7.70. The molecule has 1 aromatic heterocycles. The normalized spacial score (nSPS) is 17.7. The topological polar surface area (TPSA) is 31.9 Å². The second kappa shape index (κ2) is 6.02. The molecule has 3 heteroatoms. The van der Waals surface area contributed by atoms with E-state index in [-0.39, 0.29) is 0 Å². The molecule has 1 aromatic carbocycles. The van der Waals surface area contributed by atoms with Crippen LogP contribution in [0.15, 0.2) is 42.7 Å². The predicted molar refractivity (Wildman–Crippen MR) is 77.1 cm³/mol. The Morgan fingerprint density at radius 1 is 1.16 bits per heavy atom. The van der Waals surface area contributed by atoms with Crippen LogP contribution >= 0.6 is 0 Å². The van der Waals surface area contributed by atoms with E-state index in [1.54, 1.807) is 0 Å². The third kappa shape index (κ3) is 3.24. The zero-order valence-corrected chi connectivity index (χ0v) is 11.3. The molecule has 0 spiro atoms. The van der Waals surface area contributed by atoms with Crippen molar-refractivity contribution in [2.75, 3.05) is 19.6 Å². The number of aromatic amines is 1. The summed E-state index contributed by atoms with van der Waals surface area (Å²) >= 11 is 0. The first-order valence-electron chi connectivity index (χ1n) is 7.17. The number of H-pyrrole nitrogens is 1. The minimum atomic E-state index is 0.701. The first-order valence-corrected chi connectivity index (χ1v) is 7.17. The number of piperidine rings is 1. The Kier molecular flexibility index (Phi) is 3.94. The Balaban J connectivity index is 1.46. The van der Waals surface area contributed by atoms with Crippen molar-refractivity contribution < 1.29 is 0 Å². The summed E-state index contributed by atoms with van der Waals surface area (Å²) in [4.78, 5) is 2.59. The molecule has 100 valence electrons. The van der Waals surface area contributed by atoms with Crippen LogP contribution in [0.3, 0.4) is 0 Å². The van der Waals surface area contributed by atoms with Crippen LogP contribution < -0.4 is 0 Å². The van der Waals surface area contributed by atoms with Gasteiger partial charge < -0.3 is 4.90 Å². The number of aromatic nitrogens is 2. The molecular weight excluding hydrogens is 234 g/mol. The van der Waals surface area contributed by atoms with Gasteiger partial charge in [-0.05, 0) is 49.4 Å². The smallest absolute Gasteiger partial charge is 0.0522 e. The molecule has 1 aliphatic rings. The largest absolute Gasteiger partial charge is 0.303 e. The highest BCUT2D eigenvalue weighted by molar-refractivity contribution is 5.15. The Hall–Kier alpha value is -1.61. The number of rotatable bonds is 4. The molecule has 0 aliphatic carbocycles. The second-order valence-electron chi connectivity index (χ2n) is 5.38. The summed E-state index contributed by atoms with van der Waals surface area (Å²) in [5, 5.41) is 6.98. The van der Waals surface area contributed by atoms with Gasteiger partial charge in [-0.25, -0.2) is 0 Å². The zero-order valence-electron chi connectivity index (χ0n) is 11.3. The molecule has 3 nitrogen and oxygen atoms in total. The van der Waals surface area contributed by atoms with Crippen LogP contribution in [0.4, 0.5) is 0 Å². The van der Waals surface area contributed by atoms with Crippen LogP contribution in [0.5, 0.6) is 0 Å². The van der Waals surface area contributed by atoms with Crippen molar-refractivity contribution in [1.29, 1.82) is 0 Å². The summed E-state index contributed by atoms with van der Waals surface area (Å²) in [5.74, 6) is 0.701. The third-order valence-electron chi connectivity index (χ3n) is 4.14. The van der Waals surface area contributed by atoms with Gasteiger partial charge in [0.25, 0.3) is 0 Å². The summed E-state index contributed by atoms with van der Waals surface area (Å²) in [6.45, 7) is 3.60. The van der Waals surface area contributed by atoms with E-state index in [2.05, 4.69) is 45.4 Å². The maximum atomic E-state index is 4.05. The molecule has 1 fully saturated rings. The average Bonchev–Trinajstić information content (AvgIpc) is 3.01. The molecule has 1 aliphatic heterocycles. The van der Waals surface area contributed by atoms with Crippen LogP contribution in [0, 0.1) is 0 Å². The SMILES string of the molecule is c1ccc(CCN2CCC(c3cn[nH]c3)CC2)cc1. The molecule has 19 heavy (non-hydrogen) atoms. The summed E-state index contributed by atoms with van der Waals surface area (Å²) < 4.78 is 0. The minimum absolute atomic E-state index is 0.701. The highest BCUT2D eigenvalue weighted by Crippen LogP contribution is 2.27. The average molecular weight is 255 g/mol. The second-order valence-corrected chi connectivity index (χ2v) is 5.38. The van der Waals surface area contributed by atoms with Crippen molar-refractivity contribution in [3.63, 3.8) is 0 Å². The molecular formula is C16H21N3. The fourth-order valence-electron chi connectivity index (χ4n) is 2.91. The lowest BCUT2D eigenvalue weighted by Gasteiger charge is -2.31. The number of benzene rings is 1. The molecule has 2 aromatic rings. The number of nitrogens with zero attached hydrogens (tertiary/aromatic N) is 2. The van der Waals surface area contributed by atoms with Gasteiger partial charge in [-0.15, -0.1) is 0 Å². The van der Waals surface area contributed by atoms with Crippen molar-refractivity contribution in [3.8, 4) is 0 Å². The van der Waals surface area contributed by atoms with Gasteiger partial charge in [0.1, 0.15) is 0 Å². The monoisotopic (exact) mass is 255 g/mol. The van der Waals surface area contributed by atoms with Crippen LogP contribution in [0.2, 0.25) is 0 Å². The molecule has 1 saturated heterocycles. The summed E-state index contributed by atoms with van der Waals surface area (Å²) in [5.41, 5.74) is 2.82. The predicted octanol–water partition coefficient (Wildman–Crippen LogP) is 2.83. The summed E-state index contributed by atoms with van der Waals surface area (Å²) in [7, 11) is 0. The highest BCUT2D eigenvalue weighted by atomic mass is 15.1. The zero-order chi connectivity index (χ0) is 12.9. The first-order chi connectivity index (χ1) is 9.42. The number of likely N-dealkylation sites (tertiary alicyclic amines) is 1. The number of nitrogens with one attached hydrogen (secondary N) is 1. The quantitative estimate of drug-likeness (QED) is 0.911. The fraction of sp³-hybridized carbons (Fsp3) is 0.438. The lowest BCUT2D eigenvalue weighted by molar-refractivity contribution is 0.214. The molecule has 0 atom stereocenters. The lowest BCUT2D eigenvalue weighted by atomic mass is 9.91. The van der Waals surface area contributed by atoms with Gasteiger partial charge in [0.2, 0.25) is 0 Å². The Morgan fingerprint density at radius 3 is 2.63 bits per heavy atom. The molecule has 3 rings (SSSR count). The maximum absolute atomic E-state index is 4.05. The van der Waals surface area contributed by atoms with Gasteiger partial charge in [-0.3, -0.25) is 5.10 Å². The minimum Gasteiger partial charge on any atom is -0.303 e. The van der Waals surface area contributed by atoms with Crippen LogP contribution in [0.25, 0.3) is 0 Å². The maximum Gasteiger partial charge on any atom is 0.0522 e. The Morgan fingerprint density at radius 2 is 1.95 bits per heavy atom. The van der Waals surface area contributed by atoms with Gasteiger partial charge in [0.15, 0.2) is 0 Å². The van der Waals surface area contributed by atoms with E-state index < -0.39 is 0 Å². The van der Waals surface area contributed by atoms with E-state index in [0.717, 1.165) is 6.42 Å². The first kappa shape index (κ1) is 12.4. The third-order valence-corrected chi connectivity index (χ3v) is 4.14. The molecule has 1 N–H and O–H groups in total. The van der Waals surface area contributed by atoms with Gasteiger partial charge in [0.05, 0.1) is 6.20 Å². The molecule has 2 heterocycles. The van der Waals surface area contributed by atoms with Crippen molar-refractivity contribution in [2.45, 2.75) is 25.2 Å². The highest BCUT2D eigenvalue weighted by Gasteiger charge is 2.20. The fourth-order valence-corrected chi connectivity index (χ4v) is 2.91. The molecule has 0 bridgehead atoms. The van der Waals surface area contributed by atoms with E-state index in [1.807, 2.05) is 12.4 Å². The van der Waals surface area contributed by atoms with Crippen molar-refractivity contribution in [1.82, 2.24) is 15.1 Å². The van der Waals surface area contributed by atoms with E-state index in [0.29, 0.717) is 5.92 Å². The van der Waals surface area contributed by atoms with Crippen LogP contribution in [0.1, 0.15) is 29.9 Å². The number of hydrogen-bond acceptors (Lipinski definition) is 2. The van der Waals surface area contributed by atoms with E-state index in [1.165, 1.54) is 43.6 Å². The van der Waals surface area contributed by atoms with Gasteiger partial charge in [0, 0.05) is 12.7 Å². The molecule has 0 saturated carbocycles. The standard InChI is InChI=1S/C16H21N3/c1-2-4-14(5-3-1)6-9-19-10-7-15(8-11-19)16-12-17-18-13-16/h1-5,12-13,15H,6-11H2,(H,17,18). The van der Waals surface area contributed by atoms with Crippen molar-refractivity contribution >= 4 is 0 Å². The van der Waals surface area contributed by atoms with Crippen molar-refractivity contribution in [3.05, 3.63) is 53.9 Å². The lowest BCUT2D eigenvalue weighted by Crippen LogP contribution is -2.34. The van der Waals surface area contributed by atoms with Crippen LogP contribution in [-0.2, 0) is 6.42 Å². The van der Waals surface area contributed by atoms with Crippen molar-refractivity contribution in [2.24, 2.45) is 0 Å². The van der Waals surface area contributed by atoms with Gasteiger partial charge >= 0.3 is 0 Å². The molecule has 0 unspecified atom stereocenters. The van der Waals surface area contributed by atoms with E-state index >= 15 is 0 Å². The molecule has 0 amide bonds. The van der Waals surface area contributed by atoms with E-state index in [4.69, 9.17) is 0 Å². The van der Waals surface area contributed by atoms with Gasteiger partial charge in [-0.1, -0.05) is 30.3 Å². The molecule has 0 radical (unpaired) electrons. The van der Waals surface area contributed by atoms with Crippen LogP contribution in [-0.4, -0.2) is 34.7 Å². The summed E-state index contributed by atoms with van der Waals surface area (Å²) in [6, 6.07) is 10.8.